The van der Waals surface area contributed by atoms with Crippen LogP contribution < -0.4 is 5.32 Å². The summed E-state index contributed by atoms with van der Waals surface area (Å²) in [6.45, 7) is 1.83. The molecule has 0 aliphatic carbocycles. The van der Waals surface area contributed by atoms with E-state index in [1.165, 1.54) is 6.07 Å². The van der Waals surface area contributed by atoms with Gasteiger partial charge in [-0.2, -0.15) is 5.26 Å². The smallest absolute Gasteiger partial charge is 0.152 e. The monoisotopic (exact) mass is 285 g/mol. The molecule has 0 radical (unpaired) electrons. The molecule has 96 valence electrons. The lowest BCUT2D eigenvalue weighted by atomic mass is 10.0. The van der Waals surface area contributed by atoms with Crippen molar-refractivity contribution in [2.75, 3.05) is 16.8 Å². The second-order valence-electron chi connectivity index (χ2n) is 4.70. The van der Waals surface area contributed by atoms with E-state index in [9.17, 15) is 8.42 Å². The van der Waals surface area contributed by atoms with Crippen molar-refractivity contribution in [3.8, 4) is 6.07 Å². The summed E-state index contributed by atoms with van der Waals surface area (Å²) in [5.41, 5.74) is -0.162. The summed E-state index contributed by atoms with van der Waals surface area (Å²) in [6.07, 6.45) is 0.519. The third kappa shape index (κ3) is 2.92. The summed E-state index contributed by atoms with van der Waals surface area (Å²) in [5.74, 6) is 0.664. The minimum atomic E-state index is -2.99. The van der Waals surface area contributed by atoms with Crippen LogP contribution in [0.1, 0.15) is 18.9 Å². The number of aromatic nitrogens is 1. The van der Waals surface area contributed by atoms with E-state index in [2.05, 4.69) is 10.3 Å². The second-order valence-corrected chi connectivity index (χ2v) is 7.27. The van der Waals surface area contributed by atoms with Crippen LogP contribution in [0.25, 0.3) is 0 Å². The van der Waals surface area contributed by atoms with E-state index in [4.69, 9.17) is 16.9 Å². The maximum atomic E-state index is 11.5. The predicted octanol–water partition coefficient (Wildman–Crippen LogP) is 1.60. The Morgan fingerprint density at radius 1 is 1.56 bits per heavy atom. The fourth-order valence-corrected chi connectivity index (χ4v) is 4.35. The number of hydrogen-bond donors (Lipinski definition) is 1. The molecule has 1 N–H and O–H groups in total. The fourth-order valence-electron chi connectivity index (χ4n) is 2.04. The number of anilines is 1. The molecular weight excluding hydrogens is 274 g/mol. The Morgan fingerprint density at radius 2 is 2.28 bits per heavy atom. The van der Waals surface area contributed by atoms with Crippen LogP contribution in [0.3, 0.4) is 0 Å². The van der Waals surface area contributed by atoms with Gasteiger partial charge in [-0.15, -0.1) is 0 Å². The van der Waals surface area contributed by atoms with Gasteiger partial charge in [0.05, 0.1) is 28.7 Å². The van der Waals surface area contributed by atoms with Crippen molar-refractivity contribution in [1.29, 1.82) is 5.26 Å². The minimum absolute atomic E-state index is 0.0656. The topological polar surface area (TPSA) is 82.8 Å². The van der Waals surface area contributed by atoms with Crippen LogP contribution in [0.2, 0.25) is 5.15 Å². The molecule has 18 heavy (non-hydrogen) atoms. The van der Waals surface area contributed by atoms with E-state index < -0.39 is 15.4 Å². The highest BCUT2D eigenvalue weighted by Crippen LogP contribution is 2.27. The first kappa shape index (κ1) is 13.1. The zero-order chi connectivity index (χ0) is 13.4. The molecule has 1 aromatic heterocycles. The molecule has 1 unspecified atom stereocenters. The molecule has 2 rings (SSSR count). The van der Waals surface area contributed by atoms with Gasteiger partial charge in [0.2, 0.25) is 0 Å². The number of nitriles is 1. The van der Waals surface area contributed by atoms with Crippen molar-refractivity contribution in [2.45, 2.75) is 18.9 Å². The Hall–Kier alpha value is -1.32. The summed E-state index contributed by atoms with van der Waals surface area (Å²) in [6, 6.07) is 5.00. The van der Waals surface area contributed by atoms with Gasteiger partial charge in [-0.1, -0.05) is 11.6 Å². The Balaban J connectivity index is 2.25. The molecule has 7 heteroatoms. The normalized spacial score (nSPS) is 25.6. The average molecular weight is 286 g/mol. The first-order valence-corrected chi connectivity index (χ1v) is 7.58. The molecule has 0 aromatic carbocycles. The Labute approximate surface area is 111 Å². The number of hydrogen-bond acceptors (Lipinski definition) is 5. The number of nitrogens with one attached hydrogen (secondary N) is 1. The molecule has 1 aliphatic heterocycles. The van der Waals surface area contributed by atoms with E-state index in [-0.39, 0.29) is 16.7 Å². The zero-order valence-corrected chi connectivity index (χ0v) is 11.3. The van der Waals surface area contributed by atoms with E-state index in [1.54, 1.807) is 6.07 Å². The molecule has 0 amide bonds. The molecule has 1 atom stereocenters. The quantitative estimate of drug-likeness (QED) is 0.835. The average Bonchev–Trinajstić information content (AvgIpc) is 2.51. The Morgan fingerprint density at radius 3 is 2.83 bits per heavy atom. The van der Waals surface area contributed by atoms with Crippen molar-refractivity contribution in [3.63, 3.8) is 0 Å². The summed E-state index contributed by atoms with van der Waals surface area (Å²) < 4.78 is 23.0. The van der Waals surface area contributed by atoms with Crippen LogP contribution in [0, 0.1) is 11.3 Å². The maximum absolute atomic E-state index is 11.5. The summed E-state index contributed by atoms with van der Waals surface area (Å²) in [7, 11) is -2.99. The third-order valence-corrected chi connectivity index (χ3v) is 4.95. The van der Waals surface area contributed by atoms with Gasteiger partial charge in [0.1, 0.15) is 11.0 Å². The van der Waals surface area contributed by atoms with E-state index in [1.807, 2.05) is 13.0 Å². The highest BCUT2D eigenvalue weighted by molar-refractivity contribution is 7.91. The molecule has 1 aromatic rings. The molecule has 1 fully saturated rings. The van der Waals surface area contributed by atoms with Crippen LogP contribution in [0.5, 0.6) is 0 Å². The number of halogens is 1. The van der Waals surface area contributed by atoms with Gasteiger partial charge in [-0.05, 0) is 25.5 Å². The van der Waals surface area contributed by atoms with Gasteiger partial charge in [0.15, 0.2) is 9.84 Å². The highest BCUT2D eigenvalue weighted by atomic mass is 35.5. The van der Waals surface area contributed by atoms with Crippen molar-refractivity contribution >= 4 is 27.3 Å². The standard InChI is InChI=1S/C11H12ClN3O2S/c1-11(2-3-18(16,17)7-11)15-10-5-8(6-13)4-9(12)14-10/h4-5H,2-3,7H2,1H3,(H,14,15). The minimum Gasteiger partial charge on any atom is -0.364 e. The largest absolute Gasteiger partial charge is 0.364 e. The van der Waals surface area contributed by atoms with Gasteiger partial charge < -0.3 is 5.32 Å². The molecular formula is C11H12ClN3O2S. The molecule has 0 spiro atoms. The van der Waals surface area contributed by atoms with Crippen molar-refractivity contribution in [3.05, 3.63) is 22.8 Å². The number of pyridine rings is 1. The van der Waals surface area contributed by atoms with Crippen molar-refractivity contribution in [1.82, 2.24) is 4.98 Å². The first-order valence-electron chi connectivity index (χ1n) is 5.38. The van der Waals surface area contributed by atoms with Crippen LogP contribution >= 0.6 is 11.6 Å². The molecule has 1 saturated heterocycles. The first-order chi connectivity index (χ1) is 8.32. The van der Waals surface area contributed by atoms with Crippen LogP contribution in [0.4, 0.5) is 5.82 Å². The third-order valence-electron chi connectivity index (χ3n) is 2.86. The van der Waals surface area contributed by atoms with Gasteiger partial charge >= 0.3 is 0 Å². The van der Waals surface area contributed by atoms with Gasteiger partial charge in [-0.25, -0.2) is 13.4 Å². The molecule has 0 saturated carbocycles. The number of nitrogens with zero attached hydrogens (tertiary/aromatic N) is 2. The number of rotatable bonds is 2. The van der Waals surface area contributed by atoms with Crippen LogP contribution in [0.15, 0.2) is 12.1 Å². The highest BCUT2D eigenvalue weighted by Gasteiger charge is 2.38. The summed E-state index contributed by atoms with van der Waals surface area (Å²) in [5, 5.41) is 12.1. The molecule has 2 heterocycles. The molecule has 1 aliphatic rings. The Bertz CT molecular complexity index is 624. The van der Waals surface area contributed by atoms with E-state index in [0.717, 1.165) is 0 Å². The van der Waals surface area contributed by atoms with Crippen LogP contribution in [-0.4, -0.2) is 30.4 Å². The summed E-state index contributed by atoms with van der Waals surface area (Å²) >= 11 is 5.80. The van der Waals surface area contributed by atoms with E-state index in [0.29, 0.717) is 17.8 Å². The van der Waals surface area contributed by atoms with Gasteiger partial charge in [0, 0.05) is 0 Å². The second kappa shape index (κ2) is 4.41. The van der Waals surface area contributed by atoms with Crippen molar-refractivity contribution in [2.24, 2.45) is 0 Å². The van der Waals surface area contributed by atoms with E-state index >= 15 is 0 Å². The van der Waals surface area contributed by atoms with Crippen LogP contribution in [-0.2, 0) is 9.84 Å². The lowest BCUT2D eigenvalue weighted by Gasteiger charge is -2.24. The summed E-state index contributed by atoms with van der Waals surface area (Å²) in [4.78, 5) is 4.05. The van der Waals surface area contributed by atoms with Crippen molar-refractivity contribution < 1.29 is 8.42 Å². The lowest BCUT2D eigenvalue weighted by molar-refractivity contribution is 0.572. The fraction of sp³-hybridized carbons (Fsp3) is 0.455. The zero-order valence-electron chi connectivity index (χ0n) is 9.77. The molecule has 0 bridgehead atoms. The lowest BCUT2D eigenvalue weighted by Crippen LogP contribution is -2.36. The molecule has 5 nitrogen and oxygen atoms in total. The van der Waals surface area contributed by atoms with Gasteiger partial charge in [0.25, 0.3) is 0 Å². The predicted molar refractivity (Wildman–Crippen MR) is 69.3 cm³/mol. The Kier molecular flexibility index (Phi) is 3.21. The number of sulfone groups is 1. The van der Waals surface area contributed by atoms with Gasteiger partial charge in [-0.3, -0.25) is 0 Å². The SMILES string of the molecule is CC1(Nc2cc(C#N)cc(Cl)n2)CCS(=O)(=O)C1. The maximum Gasteiger partial charge on any atom is 0.152 e.